The van der Waals surface area contributed by atoms with Gasteiger partial charge in [0.2, 0.25) is 5.91 Å². The Morgan fingerprint density at radius 3 is 2.81 bits per heavy atom. The zero-order chi connectivity index (χ0) is 14.7. The first kappa shape index (κ1) is 14.1. The number of hydrogen-bond acceptors (Lipinski definition) is 2. The van der Waals surface area contributed by atoms with E-state index in [1.165, 1.54) is 12.8 Å². The molecule has 1 saturated carbocycles. The van der Waals surface area contributed by atoms with E-state index < -0.39 is 0 Å². The second-order valence-corrected chi connectivity index (χ2v) is 5.82. The topological polar surface area (TPSA) is 46.9 Å². The Hall–Kier alpha value is -1.81. The average molecular weight is 304 g/mol. The van der Waals surface area contributed by atoms with Crippen molar-refractivity contribution in [2.75, 3.05) is 5.32 Å². The maximum absolute atomic E-state index is 12.2. The first-order valence-electron chi connectivity index (χ1n) is 7.31. The van der Waals surface area contributed by atoms with Gasteiger partial charge in [-0.2, -0.15) is 5.10 Å². The summed E-state index contributed by atoms with van der Waals surface area (Å²) in [5.74, 6) is 0.710. The van der Waals surface area contributed by atoms with E-state index in [-0.39, 0.29) is 12.3 Å². The number of amides is 1. The summed E-state index contributed by atoms with van der Waals surface area (Å²) in [5.41, 5.74) is 0.837. The Bertz CT molecular complexity index is 632. The van der Waals surface area contributed by atoms with Gasteiger partial charge in [0.15, 0.2) is 0 Å². The molecule has 21 heavy (non-hydrogen) atoms. The van der Waals surface area contributed by atoms with Crippen molar-refractivity contribution < 1.29 is 4.79 Å². The van der Waals surface area contributed by atoms with Crippen LogP contribution in [0.15, 0.2) is 36.5 Å². The van der Waals surface area contributed by atoms with Gasteiger partial charge in [0.25, 0.3) is 0 Å². The lowest BCUT2D eigenvalue weighted by Gasteiger charge is -2.14. The van der Waals surface area contributed by atoms with E-state index in [4.69, 9.17) is 11.6 Å². The molecule has 0 atom stereocenters. The minimum absolute atomic E-state index is 0.0668. The van der Waals surface area contributed by atoms with E-state index >= 15 is 0 Å². The van der Waals surface area contributed by atoms with Crippen molar-refractivity contribution in [3.05, 3.63) is 47.1 Å². The Morgan fingerprint density at radius 2 is 2.05 bits per heavy atom. The maximum Gasteiger partial charge on any atom is 0.229 e. The third-order valence-corrected chi connectivity index (χ3v) is 4.29. The smallest absolute Gasteiger partial charge is 0.229 e. The normalized spacial score (nSPS) is 15.3. The fourth-order valence-corrected chi connectivity index (χ4v) is 3.06. The highest BCUT2D eigenvalue weighted by Gasteiger charge is 2.20. The summed E-state index contributed by atoms with van der Waals surface area (Å²) in [4.78, 5) is 12.2. The number of nitrogens with one attached hydrogen (secondary N) is 1. The molecule has 0 saturated heterocycles. The van der Waals surface area contributed by atoms with Gasteiger partial charge in [0, 0.05) is 11.1 Å². The third-order valence-electron chi connectivity index (χ3n) is 3.92. The molecule has 0 aliphatic heterocycles. The van der Waals surface area contributed by atoms with Crippen LogP contribution < -0.4 is 5.32 Å². The molecule has 3 rings (SSSR count). The molecule has 0 bridgehead atoms. The number of nitrogens with zero attached hydrogens (tertiary/aromatic N) is 2. The average Bonchev–Trinajstić information content (AvgIpc) is 3.11. The summed E-state index contributed by atoms with van der Waals surface area (Å²) in [5, 5.41) is 7.92. The van der Waals surface area contributed by atoms with Crippen LogP contribution in [-0.4, -0.2) is 15.7 Å². The lowest BCUT2D eigenvalue weighted by atomic mass is 10.1. The molecule has 0 radical (unpaired) electrons. The van der Waals surface area contributed by atoms with Gasteiger partial charge < -0.3 is 5.32 Å². The van der Waals surface area contributed by atoms with Gasteiger partial charge in [-0.25, -0.2) is 4.68 Å². The van der Waals surface area contributed by atoms with Crippen LogP contribution in [0.4, 0.5) is 5.82 Å². The molecule has 1 N–H and O–H groups in total. The van der Waals surface area contributed by atoms with Crippen LogP contribution in [0.5, 0.6) is 0 Å². The molecule has 0 unspecified atom stereocenters. The van der Waals surface area contributed by atoms with E-state index in [2.05, 4.69) is 10.4 Å². The molecule has 1 aromatic heterocycles. The highest BCUT2D eigenvalue weighted by atomic mass is 35.5. The van der Waals surface area contributed by atoms with Crippen molar-refractivity contribution in [1.82, 2.24) is 9.78 Å². The van der Waals surface area contributed by atoms with E-state index in [0.29, 0.717) is 11.1 Å². The molecule has 5 heteroatoms. The highest BCUT2D eigenvalue weighted by molar-refractivity contribution is 6.31. The third kappa shape index (κ3) is 3.27. The monoisotopic (exact) mass is 303 g/mol. The first-order valence-corrected chi connectivity index (χ1v) is 7.68. The van der Waals surface area contributed by atoms with E-state index in [9.17, 15) is 4.79 Å². The molecule has 4 nitrogen and oxygen atoms in total. The molecule has 1 aliphatic carbocycles. The minimum atomic E-state index is -0.0668. The SMILES string of the molecule is O=C(Cc1ccccc1Cl)Nc1ccnn1C1CCCC1. The van der Waals surface area contributed by atoms with E-state index in [0.717, 1.165) is 24.2 Å². The fraction of sp³-hybridized carbons (Fsp3) is 0.375. The van der Waals surface area contributed by atoms with Crippen LogP contribution in [0.1, 0.15) is 37.3 Å². The summed E-state index contributed by atoms with van der Waals surface area (Å²) in [6, 6.07) is 9.68. The number of aromatic nitrogens is 2. The zero-order valence-electron chi connectivity index (χ0n) is 11.8. The van der Waals surface area contributed by atoms with Crippen molar-refractivity contribution in [3.63, 3.8) is 0 Å². The summed E-state index contributed by atoms with van der Waals surface area (Å²) >= 11 is 6.09. The molecule has 0 spiro atoms. The standard InChI is InChI=1S/C16H18ClN3O/c17-14-8-4-1-5-12(14)11-16(21)19-15-9-10-18-20(15)13-6-2-3-7-13/h1,4-5,8-10,13H,2-3,6-7,11H2,(H,19,21). The molecule has 2 aromatic rings. The lowest BCUT2D eigenvalue weighted by Crippen LogP contribution is -2.19. The van der Waals surface area contributed by atoms with Gasteiger partial charge >= 0.3 is 0 Å². The Kier molecular flexibility index (Phi) is 4.25. The Balaban J connectivity index is 1.68. The molecule has 1 aromatic carbocycles. The molecular weight excluding hydrogens is 286 g/mol. The summed E-state index contributed by atoms with van der Waals surface area (Å²) < 4.78 is 1.94. The minimum Gasteiger partial charge on any atom is -0.311 e. The summed E-state index contributed by atoms with van der Waals surface area (Å²) in [6.45, 7) is 0. The van der Waals surface area contributed by atoms with Crippen LogP contribution in [0.25, 0.3) is 0 Å². The molecule has 1 amide bonds. The summed E-state index contributed by atoms with van der Waals surface area (Å²) in [6.07, 6.45) is 6.75. The number of carbonyl (C=O) groups excluding carboxylic acids is 1. The second-order valence-electron chi connectivity index (χ2n) is 5.42. The van der Waals surface area contributed by atoms with Gasteiger partial charge in [-0.05, 0) is 24.5 Å². The molecule has 110 valence electrons. The Labute approximate surface area is 129 Å². The highest BCUT2D eigenvalue weighted by Crippen LogP contribution is 2.31. The number of rotatable bonds is 4. The van der Waals surface area contributed by atoms with Crippen LogP contribution >= 0.6 is 11.6 Å². The van der Waals surface area contributed by atoms with Crippen molar-refractivity contribution in [2.45, 2.75) is 38.1 Å². The molecule has 1 fully saturated rings. The van der Waals surface area contributed by atoms with Crippen LogP contribution in [0.2, 0.25) is 5.02 Å². The second kappa shape index (κ2) is 6.31. The zero-order valence-corrected chi connectivity index (χ0v) is 12.5. The van der Waals surface area contributed by atoms with Gasteiger partial charge in [0.1, 0.15) is 5.82 Å². The van der Waals surface area contributed by atoms with E-state index in [1.807, 2.05) is 28.9 Å². The fourth-order valence-electron chi connectivity index (χ4n) is 2.85. The van der Waals surface area contributed by atoms with Gasteiger partial charge in [-0.3, -0.25) is 4.79 Å². The lowest BCUT2D eigenvalue weighted by molar-refractivity contribution is -0.115. The largest absolute Gasteiger partial charge is 0.311 e. The number of carbonyl (C=O) groups is 1. The summed E-state index contributed by atoms with van der Waals surface area (Å²) in [7, 11) is 0. The number of hydrogen-bond donors (Lipinski definition) is 1. The molecule has 1 heterocycles. The van der Waals surface area contributed by atoms with Crippen molar-refractivity contribution >= 4 is 23.3 Å². The van der Waals surface area contributed by atoms with E-state index in [1.54, 1.807) is 12.3 Å². The predicted molar refractivity (Wildman–Crippen MR) is 83.5 cm³/mol. The van der Waals surface area contributed by atoms with Gasteiger partial charge in [-0.15, -0.1) is 0 Å². The maximum atomic E-state index is 12.2. The van der Waals surface area contributed by atoms with Crippen LogP contribution in [0, 0.1) is 0 Å². The van der Waals surface area contributed by atoms with Crippen molar-refractivity contribution in [2.24, 2.45) is 0 Å². The van der Waals surface area contributed by atoms with Crippen LogP contribution in [0.3, 0.4) is 0 Å². The van der Waals surface area contributed by atoms with Gasteiger partial charge in [-0.1, -0.05) is 42.6 Å². The van der Waals surface area contributed by atoms with Gasteiger partial charge in [0.05, 0.1) is 18.7 Å². The number of halogens is 1. The number of anilines is 1. The van der Waals surface area contributed by atoms with Crippen LogP contribution in [-0.2, 0) is 11.2 Å². The molecular formula is C16H18ClN3O. The molecule has 1 aliphatic rings. The van der Waals surface area contributed by atoms with Crippen molar-refractivity contribution in [3.8, 4) is 0 Å². The Morgan fingerprint density at radius 1 is 1.29 bits per heavy atom. The number of benzene rings is 1. The first-order chi connectivity index (χ1) is 10.2. The quantitative estimate of drug-likeness (QED) is 0.933. The van der Waals surface area contributed by atoms with Crippen molar-refractivity contribution in [1.29, 1.82) is 0 Å². The predicted octanol–water partition coefficient (Wildman–Crippen LogP) is 3.83.